The molecule has 0 spiro atoms. The first-order valence-electron chi connectivity index (χ1n) is 10.3. The lowest BCUT2D eigenvalue weighted by atomic mass is 10.3. The maximum atomic E-state index is 12.4. The van der Waals surface area contributed by atoms with E-state index < -0.39 is 0 Å². The number of ether oxygens (including phenoxy) is 2. The zero-order chi connectivity index (χ0) is 21.3. The zero-order valence-electron chi connectivity index (χ0n) is 17.8. The second-order valence-corrected chi connectivity index (χ2v) is 7.06. The van der Waals surface area contributed by atoms with Crippen LogP contribution in [0.4, 0.5) is 0 Å². The van der Waals surface area contributed by atoms with Gasteiger partial charge < -0.3 is 29.0 Å². The lowest BCUT2D eigenvalue weighted by Crippen LogP contribution is -2.53. The second kappa shape index (κ2) is 10.6. The van der Waals surface area contributed by atoms with E-state index in [1.165, 1.54) is 6.26 Å². The number of aliphatic imine (C=N–C) groups is 1. The van der Waals surface area contributed by atoms with Crippen LogP contribution in [0, 0.1) is 0 Å². The van der Waals surface area contributed by atoms with Crippen LogP contribution >= 0.6 is 0 Å². The van der Waals surface area contributed by atoms with Crippen molar-refractivity contribution in [3.05, 3.63) is 48.4 Å². The minimum absolute atomic E-state index is 0.0666. The fourth-order valence-corrected chi connectivity index (χ4v) is 3.24. The fourth-order valence-electron chi connectivity index (χ4n) is 3.24. The lowest BCUT2D eigenvalue weighted by molar-refractivity contribution is 0.0657. The average molecular weight is 415 g/mol. The first kappa shape index (κ1) is 21.5. The molecule has 0 saturated carbocycles. The normalized spacial score (nSPS) is 15.6. The molecule has 2 aromatic rings. The second-order valence-electron chi connectivity index (χ2n) is 7.06. The summed E-state index contributed by atoms with van der Waals surface area (Å²) in [5.41, 5.74) is 0. The smallest absolute Gasteiger partial charge is 0.289 e. The first-order chi connectivity index (χ1) is 14.6. The van der Waals surface area contributed by atoms with Gasteiger partial charge in [-0.05, 0) is 50.2 Å². The molecule has 8 nitrogen and oxygen atoms in total. The van der Waals surface area contributed by atoms with Crippen molar-refractivity contribution >= 4 is 11.9 Å². The van der Waals surface area contributed by atoms with Crippen LogP contribution in [0.2, 0.25) is 0 Å². The van der Waals surface area contributed by atoms with Gasteiger partial charge in [-0.15, -0.1) is 0 Å². The minimum Gasteiger partial charge on any atom is -0.497 e. The van der Waals surface area contributed by atoms with Crippen LogP contribution in [0.1, 0.15) is 24.4 Å². The molecule has 0 bridgehead atoms. The van der Waals surface area contributed by atoms with Gasteiger partial charge in [0, 0.05) is 32.7 Å². The maximum Gasteiger partial charge on any atom is 0.289 e. The van der Waals surface area contributed by atoms with Gasteiger partial charge >= 0.3 is 0 Å². The number of benzene rings is 1. The van der Waals surface area contributed by atoms with E-state index in [1.54, 1.807) is 19.2 Å². The van der Waals surface area contributed by atoms with Crippen LogP contribution in [0.25, 0.3) is 0 Å². The molecule has 1 unspecified atom stereocenters. The van der Waals surface area contributed by atoms with Crippen molar-refractivity contribution in [3.8, 4) is 11.5 Å². The number of methoxy groups -OCH3 is 1. The molecule has 1 saturated heterocycles. The molecule has 1 atom stereocenters. The number of piperazine rings is 1. The van der Waals surface area contributed by atoms with Crippen molar-refractivity contribution in [1.29, 1.82) is 0 Å². The molecule has 1 aromatic carbocycles. The van der Waals surface area contributed by atoms with Crippen LogP contribution in [0.3, 0.4) is 0 Å². The molecule has 1 N–H and O–H groups in total. The Bertz CT molecular complexity index is 812. The first-order valence-corrected chi connectivity index (χ1v) is 10.3. The maximum absolute atomic E-state index is 12.4. The largest absolute Gasteiger partial charge is 0.497 e. The number of hydrogen-bond donors (Lipinski definition) is 1. The third kappa shape index (κ3) is 5.68. The molecule has 1 aromatic heterocycles. The summed E-state index contributed by atoms with van der Waals surface area (Å²) < 4.78 is 16.3. The van der Waals surface area contributed by atoms with E-state index in [4.69, 9.17) is 18.9 Å². The predicted molar refractivity (Wildman–Crippen MR) is 115 cm³/mol. The van der Waals surface area contributed by atoms with Crippen LogP contribution in [-0.2, 0) is 0 Å². The van der Waals surface area contributed by atoms with Gasteiger partial charge in [0.2, 0.25) is 0 Å². The van der Waals surface area contributed by atoms with Gasteiger partial charge in [0.15, 0.2) is 11.7 Å². The summed E-state index contributed by atoms with van der Waals surface area (Å²) in [4.78, 5) is 21.2. The molecule has 0 radical (unpaired) electrons. The van der Waals surface area contributed by atoms with Gasteiger partial charge in [-0.3, -0.25) is 4.79 Å². The zero-order valence-corrected chi connectivity index (χ0v) is 17.8. The molecule has 3 rings (SSSR count). The molecule has 30 heavy (non-hydrogen) atoms. The number of nitrogens with zero attached hydrogens (tertiary/aromatic N) is 3. The van der Waals surface area contributed by atoms with Gasteiger partial charge in [-0.2, -0.15) is 0 Å². The van der Waals surface area contributed by atoms with Gasteiger partial charge in [-0.25, -0.2) is 4.99 Å². The molecule has 1 amide bonds. The Morgan fingerprint density at radius 1 is 1.13 bits per heavy atom. The van der Waals surface area contributed by atoms with E-state index >= 15 is 0 Å². The monoisotopic (exact) mass is 414 g/mol. The van der Waals surface area contributed by atoms with Crippen LogP contribution in [-0.4, -0.2) is 74.1 Å². The lowest BCUT2D eigenvalue weighted by Gasteiger charge is -2.36. The van der Waals surface area contributed by atoms with Crippen LogP contribution in [0.5, 0.6) is 11.5 Å². The third-order valence-corrected chi connectivity index (χ3v) is 4.83. The molecule has 0 aliphatic carbocycles. The van der Waals surface area contributed by atoms with Crippen molar-refractivity contribution in [1.82, 2.24) is 15.1 Å². The Balaban J connectivity index is 1.53. The van der Waals surface area contributed by atoms with Gasteiger partial charge in [-0.1, -0.05) is 0 Å². The number of guanidine groups is 1. The number of carbonyl (C=O) groups is 1. The van der Waals surface area contributed by atoms with Crippen LogP contribution in [0.15, 0.2) is 52.1 Å². The molecular weight excluding hydrogens is 384 g/mol. The number of rotatable bonds is 7. The number of furan rings is 1. The molecule has 8 heteroatoms. The van der Waals surface area contributed by atoms with Crippen molar-refractivity contribution in [2.45, 2.75) is 20.0 Å². The van der Waals surface area contributed by atoms with E-state index in [0.717, 1.165) is 24.0 Å². The Kier molecular flexibility index (Phi) is 7.59. The number of hydrogen-bond acceptors (Lipinski definition) is 5. The van der Waals surface area contributed by atoms with Gasteiger partial charge in [0.05, 0.1) is 19.9 Å². The SMILES string of the molecule is CCNC(=NCC(C)Oc1ccc(OC)cc1)N1CCN(C(=O)c2ccco2)CC1. The van der Waals surface area contributed by atoms with Crippen molar-refractivity contribution < 1.29 is 18.7 Å². The summed E-state index contributed by atoms with van der Waals surface area (Å²) in [5, 5.41) is 3.34. The average Bonchev–Trinajstić information content (AvgIpc) is 3.32. The van der Waals surface area contributed by atoms with E-state index in [2.05, 4.69) is 10.2 Å². The summed E-state index contributed by atoms with van der Waals surface area (Å²) in [7, 11) is 1.64. The Hall–Kier alpha value is -3.16. The van der Waals surface area contributed by atoms with Crippen molar-refractivity contribution in [2.75, 3.05) is 46.4 Å². The topological polar surface area (TPSA) is 79.5 Å². The van der Waals surface area contributed by atoms with E-state index in [1.807, 2.05) is 43.0 Å². The van der Waals surface area contributed by atoms with Gasteiger partial charge in [0.25, 0.3) is 5.91 Å². The highest BCUT2D eigenvalue weighted by molar-refractivity contribution is 5.91. The van der Waals surface area contributed by atoms with E-state index in [-0.39, 0.29) is 12.0 Å². The number of nitrogens with one attached hydrogen (secondary N) is 1. The van der Waals surface area contributed by atoms with Crippen molar-refractivity contribution in [2.24, 2.45) is 4.99 Å². The summed E-state index contributed by atoms with van der Waals surface area (Å²) in [6, 6.07) is 11.0. The Labute approximate surface area is 177 Å². The molecule has 1 aliphatic heterocycles. The molecular formula is C22H30N4O4. The molecule has 1 fully saturated rings. The van der Waals surface area contributed by atoms with Gasteiger partial charge in [0.1, 0.15) is 17.6 Å². The molecule has 1 aliphatic rings. The number of carbonyl (C=O) groups excluding carboxylic acids is 1. The summed E-state index contributed by atoms with van der Waals surface area (Å²) in [5.74, 6) is 2.74. The summed E-state index contributed by atoms with van der Waals surface area (Å²) in [6.07, 6.45) is 1.45. The summed E-state index contributed by atoms with van der Waals surface area (Å²) in [6.45, 7) is 8.03. The fraction of sp³-hybridized carbons (Fsp3) is 0.455. The van der Waals surface area contributed by atoms with Crippen molar-refractivity contribution in [3.63, 3.8) is 0 Å². The third-order valence-electron chi connectivity index (χ3n) is 4.83. The van der Waals surface area contributed by atoms with Crippen LogP contribution < -0.4 is 14.8 Å². The van der Waals surface area contributed by atoms with E-state index in [0.29, 0.717) is 38.5 Å². The summed E-state index contributed by atoms with van der Waals surface area (Å²) >= 11 is 0. The highest BCUT2D eigenvalue weighted by atomic mass is 16.5. The quantitative estimate of drug-likeness (QED) is 0.554. The molecule has 2 heterocycles. The standard InChI is InChI=1S/C22H30N4O4/c1-4-23-22(24-16-17(2)30-19-9-7-18(28-3)8-10-19)26-13-11-25(12-14-26)21(27)20-6-5-15-29-20/h5-10,15,17H,4,11-14,16H2,1-3H3,(H,23,24). The Morgan fingerprint density at radius 3 is 2.40 bits per heavy atom. The Morgan fingerprint density at radius 2 is 1.80 bits per heavy atom. The number of amides is 1. The predicted octanol–water partition coefficient (Wildman–Crippen LogP) is 2.48. The minimum atomic E-state index is -0.0751. The highest BCUT2D eigenvalue weighted by Crippen LogP contribution is 2.18. The van der Waals surface area contributed by atoms with E-state index in [9.17, 15) is 4.79 Å². The molecule has 162 valence electrons. The highest BCUT2D eigenvalue weighted by Gasteiger charge is 2.25.